The number of hydrogen-bond donors (Lipinski definition) is 0. The first-order chi connectivity index (χ1) is 15.1. The maximum Gasteiger partial charge on any atom is 0.353 e. The number of unbranched alkanes of at least 4 members (excludes halogenated alkanes) is 2. The Kier molecular flexibility index (Phi) is 6.83. The number of carbonyl (C=O) groups excluding carboxylic acids is 1. The number of hydrogen-bond acceptors (Lipinski definition) is 4. The van der Waals surface area contributed by atoms with Crippen LogP contribution in [0, 0.1) is 5.82 Å². The summed E-state index contributed by atoms with van der Waals surface area (Å²) in [5, 5.41) is 1.10. The molecular weight excluding hydrogens is 427 g/mol. The summed E-state index contributed by atoms with van der Waals surface area (Å²) in [5.74, 6) is -0.346. The quantitative estimate of drug-likeness (QED) is 0.153. The van der Waals surface area contributed by atoms with Gasteiger partial charge < -0.3 is 4.74 Å². The molecule has 0 saturated heterocycles. The van der Waals surface area contributed by atoms with E-state index >= 15 is 0 Å². The minimum atomic E-state index is -0.404. The molecular formula is C26H25FO2S2. The van der Waals surface area contributed by atoms with Gasteiger partial charge in [0.15, 0.2) is 0 Å². The number of thiophene rings is 2. The maximum atomic E-state index is 14.7. The van der Waals surface area contributed by atoms with E-state index in [4.69, 9.17) is 4.74 Å². The van der Waals surface area contributed by atoms with Crippen molar-refractivity contribution in [2.24, 2.45) is 0 Å². The number of benzene rings is 2. The van der Waals surface area contributed by atoms with E-state index in [-0.39, 0.29) is 5.82 Å². The zero-order chi connectivity index (χ0) is 21.8. The highest BCUT2D eigenvalue weighted by Gasteiger charge is 2.18. The fraction of sp³-hybridized carbons (Fsp3) is 0.269. The van der Waals surface area contributed by atoms with E-state index in [9.17, 15) is 9.18 Å². The summed E-state index contributed by atoms with van der Waals surface area (Å²) >= 11 is 3.22. The highest BCUT2D eigenvalue weighted by atomic mass is 32.2. The third kappa shape index (κ3) is 4.89. The van der Waals surface area contributed by atoms with Gasteiger partial charge in [0.25, 0.3) is 0 Å². The number of aryl methyl sites for hydroxylation is 2. The van der Waals surface area contributed by atoms with Crippen molar-refractivity contribution < 1.29 is 13.9 Å². The molecule has 0 aliphatic heterocycles. The lowest BCUT2D eigenvalue weighted by Gasteiger charge is -2.11. The van der Waals surface area contributed by atoms with Gasteiger partial charge in [-0.15, -0.1) is 22.7 Å². The number of halogens is 1. The molecule has 2 heterocycles. The third-order valence-electron chi connectivity index (χ3n) is 5.31. The largest absolute Gasteiger partial charge is 0.422 e. The van der Waals surface area contributed by atoms with Crippen LogP contribution in [0.15, 0.2) is 54.6 Å². The highest BCUT2D eigenvalue weighted by molar-refractivity contribution is 7.39. The van der Waals surface area contributed by atoms with Crippen LogP contribution in [0.2, 0.25) is 0 Å². The Morgan fingerprint density at radius 3 is 2.55 bits per heavy atom. The Balaban J connectivity index is 1.54. The SMILES string of the molecule is CCCCCc1cc2cc(C(=O)Oc3ccccc3-c3ccc(CC)cc3F)sc2s1. The molecule has 160 valence electrons. The molecule has 4 aromatic rings. The molecule has 0 fully saturated rings. The van der Waals surface area contributed by atoms with Crippen molar-refractivity contribution in [1.82, 2.24) is 0 Å². The van der Waals surface area contributed by atoms with Crippen LogP contribution < -0.4 is 4.74 Å². The van der Waals surface area contributed by atoms with Crippen LogP contribution in [0.1, 0.15) is 53.2 Å². The van der Waals surface area contributed by atoms with Crippen molar-refractivity contribution in [1.29, 1.82) is 0 Å². The predicted octanol–water partition coefficient (Wildman–Crippen LogP) is 8.28. The first-order valence-corrected chi connectivity index (χ1v) is 12.3. The number of rotatable bonds is 8. The maximum absolute atomic E-state index is 14.7. The lowest BCUT2D eigenvalue weighted by Crippen LogP contribution is -2.07. The monoisotopic (exact) mass is 452 g/mol. The highest BCUT2D eigenvalue weighted by Crippen LogP contribution is 2.36. The summed E-state index contributed by atoms with van der Waals surface area (Å²) in [6.07, 6.45) is 5.51. The number of esters is 1. The van der Waals surface area contributed by atoms with E-state index < -0.39 is 5.97 Å². The average molecular weight is 453 g/mol. The zero-order valence-corrected chi connectivity index (χ0v) is 19.4. The van der Waals surface area contributed by atoms with Crippen LogP contribution in [-0.2, 0) is 12.8 Å². The molecule has 2 aromatic heterocycles. The van der Waals surface area contributed by atoms with Crippen molar-refractivity contribution in [3.8, 4) is 16.9 Å². The molecule has 0 N–H and O–H groups in total. The van der Waals surface area contributed by atoms with Gasteiger partial charge in [0.05, 0.1) is 4.01 Å². The van der Waals surface area contributed by atoms with Crippen LogP contribution in [0.5, 0.6) is 5.75 Å². The molecule has 2 aromatic carbocycles. The average Bonchev–Trinajstić information content (AvgIpc) is 3.33. The summed E-state index contributed by atoms with van der Waals surface area (Å²) in [6, 6.07) is 16.4. The lowest BCUT2D eigenvalue weighted by atomic mass is 10.0. The molecule has 0 aliphatic rings. The Hall–Kier alpha value is -2.50. The molecule has 0 saturated carbocycles. The fourth-order valence-corrected chi connectivity index (χ4v) is 6.00. The summed E-state index contributed by atoms with van der Waals surface area (Å²) in [7, 11) is 0. The predicted molar refractivity (Wildman–Crippen MR) is 129 cm³/mol. The van der Waals surface area contributed by atoms with Gasteiger partial charge in [-0.2, -0.15) is 0 Å². The van der Waals surface area contributed by atoms with Gasteiger partial charge in [0.1, 0.15) is 16.4 Å². The van der Waals surface area contributed by atoms with Crippen LogP contribution in [0.3, 0.4) is 0 Å². The molecule has 4 rings (SSSR count). The Morgan fingerprint density at radius 1 is 0.968 bits per heavy atom. The summed E-state index contributed by atoms with van der Waals surface area (Å²) in [6.45, 7) is 4.20. The normalized spacial score (nSPS) is 11.2. The number of fused-ring (bicyclic) bond motifs is 1. The standard InChI is InChI=1S/C26H25FO2S2/c1-3-5-6-9-19-15-18-16-24(31-26(18)30-19)25(28)29-23-11-8-7-10-21(23)20-13-12-17(4-2)14-22(20)27/h7-8,10-16H,3-6,9H2,1-2H3. The van der Waals surface area contributed by atoms with Crippen molar-refractivity contribution in [2.75, 3.05) is 0 Å². The van der Waals surface area contributed by atoms with Crippen LogP contribution in [-0.4, -0.2) is 5.97 Å². The molecule has 0 aliphatic carbocycles. The summed E-state index contributed by atoms with van der Waals surface area (Å²) < 4.78 is 21.5. The van der Waals surface area contributed by atoms with Gasteiger partial charge in [-0.3, -0.25) is 0 Å². The van der Waals surface area contributed by atoms with Crippen molar-refractivity contribution in [3.05, 3.63) is 75.7 Å². The molecule has 5 heteroatoms. The number of carbonyl (C=O) groups is 1. The zero-order valence-electron chi connectivity index (χ0n) is 17.7. The first-order valence-electron chi connectivity index (χ1n) is 10.7. The molecule has 31 heavy (non-hydrogen) atoms. The molecule has 0 unspecified atom stereocenters. The number of ether oxygens (including phenoxy) is 1. The van der Waals surface area contributed by atoms with Gasteiger partial charge >= 0.3 is 5.97 Å². The second kappa shape index (κ2) is 9.75. The third-order valence-corrected chi connectivity index (χ3v) is 7.75. The minimum Gasteiger partial charge on any atom is -0.422 e. The van der Waals surface area contributed by atoms with Gasteiger partial charge in [0, 0.05) is 21.4 Å². The van der Waals surface area contributed by atoms with E-state index in [1.54, 1.807) is 41.7 Å². The lowest BCUT2D eigenvalue weighted by molar-refractivity contribution is 0.0740. The molecule has 0 radical (unpaired) electrons. The van der Waals surface area contributed by atoms with Gasteiger partial charge in [-0.05, 0) is 49.1 Å². The second-order valence-corrected chi connectivity index (χ2v) is 10.0. The van der Waals surface area contributed by atoms with Crippen LogP contribution in [0.25, 0.3) is 20.5 Å². The Bertz CT molecular complexity index is 1170. The van der Waals surface area contributed by atoms with Crippen LogP contribution >= 0.6 is 22.7 Å². The molecule has 2 nitrogen and oxygen atoms in total. The van der Waals surface area contributed by atoms with Crippen molar-refractivity contribution >= 4 is 38.0 Å². The van der Waals surface area contributed by atoms with Crippen LogP contribution in [0.4, 0.5) is 4.39 Å². The van der Waals surface area contributed by atoms with Gasteiger partial charge in [0.2, 0.25) is 0 Å². The van der Waals surface area contributed by atoms with E-state index in [0.717, 1.165) is 27.8 Å². The van der Waals surface area contributed by atoms with Gasteiger partial charge in [-0.1, -0.05) is 57.0 Å². The topological polar surface area (TPSA) is 26.3 Å². The van der Waals surface area contributed by atoms with E-state index in [1.807, 2.05) is 25.1 Å². The summed E-state index contributed by atoms with van der Waals surface area (Å²) in [4.78, 5) is 14.8. The van der Waals surface area contributed by atoms with E-state index in [0.29, 0.717) is 21.8 Å². The number of para-hydroxylation sites is 1. The smallest absolute Gasteiger partial charge is 0.353 e. The van der Waals surface area contributed by atoms with Crippen molar-refractivity contribution in [3.63, 3.8) is 0 Å². The minimum absolute atomic E-state index is 0.310. The molecule has 0 atom stereocenters. The molecule has 0 amide bonds. The summed E-state index contributed by atoms with van der Waals surface area (Å²) in [5.41, 5.74) is 1.94. The second-order valence-electron chi connectivity index (χ2n) is 7.58. The van der Waals surface area contributed by atoms with E-state index in [2.05, 4.69) is 13.0 Å². The van der Waals surface area contributed by atoms with Crippen molar-refractivity contribution in [2.45, 2.75) is 46.0 Å². The molecule has 0 spiro atoms. The van der Waals surface area contributed by atoms with E-state index in [1.165, 1.54) is 35.5 Å². The van der Waals surface area contributed by atoms with Gasteiger partial charge in [-0.25, -0.2) is 9.18 Å². The molecule has 0 bridgehead atoms. The Labute approximate surface area is 190 Å². The Morgan fingerprint density at radius 2 is 1.81 bits per heavy atom. The first kappa shape index (κ1) is 21.7. The fourth-order valence-electron chi connectivity index (χ4n) is 3.59.